The highest BCUT2D eigenvalue weighted by Crippen LogP contribution is 2.18. The molecule has 0 aliphatic carbocycles. The minimum atomic E-state index is -0.0673. The van der Waals surface area contributed by atoms with Crippen LogP contribution in [-0.2, 0) is 13.6 Å². The Kier molecular flexibility index (Phi) is 4.09. The minimum Gasteiger partial charge on any atom is -0.331 e. The molecule has 0 aliphatic rings. The zero-order chi connectivity index (χ0) is 18.1. The van der Waals surface area contributed by atoms with Gasteiger partial charge >= 0.3 is 0 Å². The van der Waals surface area contributed by atoms with Gasteiger partial charge in [-0.25, -0.2) is 4.98 Å². The molecule has 0 fully saturated rings. The predicted molar refractivity (Wildman–Crippen MR) is 101 cm³/mol. The second-order valence-electron chi connectivity index (χ2n) is 6.49. The highest BCUT2D eigenvalue weighted by Gasteiger charge is 2.27. The molecule has 0 saturated heterocycles. The topological polar surface area (TPSA) is 38.8 Å². The number of hydrogen-bond donors (Lipinski definition) is 0. The van der Waals surface area contributed by atoms with E-state index in [0.29, 0.717) is 18.1 Å². The third kappa shape index (κ3) is 2.80. The maximum absolute atomic E-state index is 13.2. The molecule has 0 unspecified atom stereocenters. The van der Waals surface area contributed by atoms with Crippen LogP contribution in [-0.4, -0.2) is 15.3 Å². The second kappa shape index (κ2) is 6.56. The zero-order valence-electron chi connectivity index (χ0n) is 14.9. The van der Waals surface area contributed by atoms with Crippen LogP contribution in [0.25, 0.3) is 10.9 Å². The van der Waals surface area contributed by atoms with Gasteiger partial charge in [0.2, 0.25) is 5.52 Å². The number of fused-ring (bicyclic) bond motifs is 1. The van der Waals surface area contributed by atoms with Gasteiger partial charge in [-0.2, -0.15) is 4.57 Å². The Morgan fingerprint density at radius 1 is 1.08 bits per heavy atom. The van der Waals surface area contributed by atoms with E-state index in [4.69, 9.17) is 0 Å². The molecular formula is C22H20N3O+. The van der Waals surface area contributed by atoms with Crippen LogP contribution in [0.4, 0.5) is 0 Å². The molecule has 2 heterocycles. The number of para-hydroxylation sites is 1. The molecule has 0 atom stereocenters. The summed E-state index contributed by atoms with van der Waals surface area (Å²) >= 11 is 0. The van der Waals surface area contributed by atoms with Gasteiger partial charge in [0.05, 0.1) is 0 Å². The van der Waals surface area contributed by atoms with Crippen molar-refractivity contribution in [1.82, 2.24) is 9.55 Å². The van der Waals surface area contributed by atoms with Crippen molar-refractivity contribution < 1.29 is 9.36 Å². The molecule has 4 heteroatoms. The molecule has 0 N–H and O–H groups in total. The summed E-state index contributed by atoms with van der Waals surface area (Å²) in [7, 11) is 1.84. The van der Waals surface area contributed by atoms with E-state index in [1.165, 1.54) is 0 Å². The van der Waals surface area contributed by atoms with Crippen LogP contribution in [0.5, 0.6) is 0 Å². The van der Waals surface area contributed by atoms with Crippen LogP contribution in [0.1, 0.15) is 27.4 Å². The van der Waals surface area contributed by atoms with Crippen LogP contribution < -0.4 is 4.57 Å². The fourth-order valence-electron chi connectivity index (χ4n) is 3.36. The van der Waals surface area contributed by atoms with Crippen molar-refractivity contribution in [2.45, 2.75) is 13.5 Å². The number of carbonyl (C=O) groups excluding carboxylic acids is 1. The number of rotatable bonds is 4. The van der Waals surface area contributed by atoms with Crippen molar-refractivity contribution in [3.05, 3.63) is 95.7 Å². The largest absolute Gasteiger partial charge is 0.331 e. The van der Waals surface area contributed by atoms with E-state index in [9.17, 15) is 4.79 Å². The molecule has 0 bridgehead atoms. The molecule has 4 aromatic rings. The summed E-state index contributed by atoms with van der Waals surface area (Å²) in [6, 6.07) is 20.4. The van der Waals surface area contributed by atoms with Gasteiger partial charge in [0.15, 0.2) is 12.4 Å². The Labute approximate surface area is 152 Å². The maximum atomic E-state index is 13.2. The van der Waals surface area contributed by atoms with Gasteiger partial charge in [-0.15, -0.1) is 0 Å². The molecule has 4 nitrogen and oxygen atoms in total. The lowest BCUT2D eigenvalue weighted by atomic mass is 10.1. The second-order valence-corrected chi connectivity index (χ2v) is 6.49. The SMILES string of the molecule is Cc1cc(C(=O)c2nccn2C)[n+](Cc2ccccc2)c2ccccc12. The standard InChI is InChI=1S/C22H20N3O/c1-16-14-20(21(26)22-23-12-13-24(22)2)25(15-17-8-4-3-5-9-17)19-11-7-6-10-18(16)19/h3-14H,15H2,1-2H3/q+1. The Morgan fingerprint density at radius 2 is 1.81 bits per heavy atom. The van der Waals surface area contributed by atoms with Gasteiger partial charge in [0.25, 0.3) is 11.5 Å². The average molecular weight is 342 g/mol. The summed E-state index contributed by atoms with van der Waals surface area (Å²) in [5.74, 6) is 0.378. The average Bonchev–Trinajstić information content (AvgIpc) is 3.10. The number of aryl methyl sites for hydroxylation is 2. The number of carbonyl (C=O) groups is 1. The molecule has 2 aromatic carbocycles. The number of ketones is 1. The molecule has 128 valence electrons. The molecule has 0 radical (unpaired) electrons. The Balaban J connectivity index is 1.95. The van der Waals surface area contributed by atoms with Crippen molar-refractivity contribution in [3.63, 3.8) is 0 Å². The van der Waals surface area contributed by atoms with E-state index in [-0.39, 0.29) is 5.78 Å². The fourth-order valence-corrected chi connectivity index (χ4v) is 3.36. The first-order valence-corrected chi connectivity index (χ1v) is 8.63. The number of benzene rings is 2. The summed E-state index contributed by atoms with van der Waals surface area (Å²) in [5.41, 5.74) is 3.94. The normalized spacial score (nSPS) is 11.0. The molecule has 0 spiro atoms. The van der Waals surface area contributed by atoms with Gasteiger partial charge in [0.1, 0.15) is 0 Å². The van der Waals surface area contributed by atoms with E-state index in [2.05, 4.69) is 33.8 Å². The van der Waals surface area contributed by atoms with Crippen LogP contribution in [0, 0.1) is 6.92 Å². The zero-order valence-corrected chi connectivity index (χ0v) is 14.9. The molecule has 4 rings (SSSR count). The van der Waals surface area contributed by atoms with Crippen molar-refractivity contribution in [1.29, 1.82) is 0 Å². The quantitative estimate of drug-likeness (QED) is 0.421. The summed E-state index contributed by atoms with van der Waals surface area (Å²) in [4.78, 5) is 17.5. The van der Waals surface area contributed by atoms with Gasteiger partial charge in [-0.05, 0) is 18.6 Å². The van der Waals surface area contributed by atoms with Crippen molar-refractivity contribution in [2.24, 2.45) is 7.05 Å². The maximum Gasteiger partial charge on any atom is 0.292 e. The first kappa shape index (κ1) is 16.2. The highest BCUT2D eigenvalue weighted by molar-refractivity contribution is 6.05. The van der Waals surface area contributed by atoms with Crippen LogP contribution in [0.3, 0.4) is 0 Å². The summed E-state index contributed by atoms with van der Waals surface area (Å²) in [5, 5.41) is 1.15. The van der Waals surface area contributed by atoms with Gasteiger partial charge in [-0.3, -0.25) is 4.79 Å². The molecule has 0 saturated carbocycles. The van der Waals surface area contributed by atoms with E-state index < -0.39 is 0 Å². The molecule has 0 aliphatic heterocycles. The molecule has 2 aromatic heterocycles. The first-order valence-electron chi connectivity index (χ1n) is 8.63. The molecule has 26 heavy (non-hydrogen) atoms. The van der Waals surface area contributed by atoms with Crippen molar-refractivity contribution in [3.8, 4) is 0 Å². The van der Waals surface area contributed by atoms with Crippen LogP contribution in [0.15, 0.2) is 73.1 Å². The number of pyridine rings is 1. The minimum absolute atomic E-state index is 0.0673. The van der Waals surface area contributed by atoms with Crippen molar-refractivity contribution in [2.75, 3.05) is 0 Å². The van der Waals surface area contributed by atoms with Gasteiger partial charge in [-0.1, -0.05) is 42.5 Å². The Bertz CT molecular complexity index is 1100. The Morgan fingerprint density at radius 3 is 2.54 bits per heavy atom. The van der Waals surface area contributed by atoms with E-state index in [1.807, 2.05) is 50.4 Å². The fraction of sp³-hybridized carbons (Fsp3) is 0.136. The van der Waals surface area contributed by atoms with E-state index >= 15 is 0 Å². The summed E-state index contributed by atoms with van der Waals surface area (Å²) < 4.78 is 3.86. The lowest BCUT2D eigenvalue weighted by Gasteiger charge is -2.09. The third-order valence-corrected chi connectivity index (χ3v) is 4.70. The van der Waals surface area contributed by atoms with E-state index in [1.54, 1.807) is 17.0 Å². The number of aromatic nitrogens is 3. The number of nitrogens with zero attached hydrogens (tertiary/aromatic N) is 3. The first-order chi connectivity index (χ1) is 12.6. The lowest BCUT2D eigenvalue weighted by molar-refractivity contribution is -0.664. The van der Waals surface area contributed by atoms with E-state index in [0.717, 1.165) is 22.0 Å². The highest BCUT2D eigenvalue weighted by atomic mass is 16.1. The number of hydrogen-bond acceptors (Lipinski definition) is 2. The predicted octanol–water partition coefficient (Wildman–Crippen LogP) is 3.45. The Hall–Kier alpha value is -3.27. The number of imidazole rings is 1. The molecular weight excluding hydrogens is 322 g/mol. The molecule has 0 amide bonds. The van der Waals surface area contributed by atoms with Gasteiger partial charge < -0.3 is 4.57 Å². The van der Waals surface area contributed by atoms with Crippen molar-refractivity contribution >= 4 is 16.7 Å². The smallest absolute Gasteiger partial charge is 0.292 e. The third-order valence-electron chi connectivity index (χ3n) is 4.70. The monoisotopic (exact) mass is 342 g/mol. The lowest BCUT2D eigenvalue weighted by Crippen LogP contribution is -2.42. The van der Waals surface area contributed by atoms with Gasteiger partial charge in [0, 0.05) is 42.5 Å². The summed E-state index contributed by atoms with van der Waals surface area (Å²) in [6.07, 6.45) is 3.45. The summed E-state index contributed by atoms with van der Waals surface area (Å²) in [6.45, 7) is 2.68. The van der Waals surface area contributed by atoms with Crippen LogP contribution >= 0.6 is 0 Å². The van der Waals surface area contributed by atoms with Crippen LogP contribution in [0.2, 0.25) is 0 Å².